The van der Waals surface area contributed by atoms with Crippen LogP contribution in [0.25, 0.3) is 0 Å². The summed E-state index contributed by atoms with van der Waals surface area (Å²) in [5.74, 6) is -3.39. The molecule has 188 valence electrons. The third-order valence-electron chi connectivity index (χ3n) is 5.57. The van der Waals surface area contributed by atoms with Crippen molar-refractivity contribution in [2.45, 2.75) is 60.8 Å². The van der Waals surface area contributed by atoms with Crippen LogP contribution in [0.1, 0.15) is 79.8 Å². The fraction of sp³-hybridized carbons (Fsp3) is 0.448. The first kappa shape index (κ1) is 28.0. The number of hydrogen-bond acceptors (Lipinski definition) is 6. The Balaban J connectivity index is 1.85. The molecule has 6 nitrogen and oxygen atoms in total. The summed E-state index contributed by atoms with van der Waals surface area (Å²) in [5.41, 5.74) is 2.78. The van der Waals surface area contributed by atoms with Crippen LogP contribution >= 0.6 is 0 Å². The Hall–Kier alpha value is -3.28. The van der Waals surface area contributed by atoms with Crippen molar-refractivity contribution in [3.8, 4) is 0 Å². The minimum atomic E-state index is -0.732. The second kappa shape index (κ2) is 13.0. The van der Waals surface area contributed by atoms with Gasteiger partial charge in [-0.15, -0.1) is 0 Å². The summed E-state index contributed by atoms with van der Waals surface area (Å²) < 4.78 is 9.98. The molecule has 35 heavy (non-hydrogen) atoms. The van der Waals surface area contributed by atoms with Crippen molar-refractivity contribution >= 4 is 23.9 Å². The molecule has 2 rings (SSSR count). The van der Waals surface area contributed by atoms with Crippen molar-refractivity contribution in [1.29, 1.82) is 0 Å². The fourth-order valence-electron chi connectivity index (χ4n) is 3.72. The van der Waals surface area contributed by atoms with Crippen molar-refractivity contribution in [3.05, 3.63) is 70.8 Å². The lowest BCUT2D eigenvalue weighted by atomic mass is 9.97. The molecule has 0 aliphatic carbocycles. The zero-order chi connectivity index (χ0) is 26.1. The van der Waals surface area contributed by atoms with Crippen molar-refractivity contribution in [3.63, 3.8) is 0 Å². The van der Waals surface area contributed by atoms with E-state index >= 15 is 0 Å². The molecule has 2 aromatic rings. The van der Waals surface area contributed by atoms with E-state index in [0.717, 1.165) is 24.0 Å². The highest BCUT2D eigenvalue weighted by atomic mass is 16.6. The second-order valence-corrected chi connectivity index (χ2v) is 10.0. The third kappa shape index (κ3) is 9.12. The van der Waals surface area contributed by atoms with Gasteiger partial charge in [-0.05, 0) is 66.5 Å². The Morgan fingerprint density at radius 1 is 0.571 bits per heavy atom. The Morgan fingerprint density at radius 3 is 1.17 bits per heavy atom. The summed E-state index contributed by atoms with van der Waals surface area (Å²) in [7, 11) is 0. The van der Waals surface area contributed by atoms with E-state index in [1.54, 1.807) is 38.1 Å². The summed E-state index contributed by atoms with van der Waals surface area (Å²) in [6.07, 6.45) is 1.87. The van der Waals surface area contributed by atoms with Gasteiger partial charge in [0.2, 0.25) is 0 Å². The molecule has 0 spiro atoms. The van der Waals surface area contributed by atoms with Crippen LogP contribution in [0.5, 0.6) is 0 Å². The molecule has 0 aliphatic heterocycles. The highest BCUT2D eigenvalue weighted by Gasteiger charge is 2.27. The summed E-state index contributed by atoms with van der Waals surface area (Å²) in [6.45, 7) is 11.6. The van der Waals surface area contributed by atoms with Crippen molar-refractivity contribution < 1.29 is 28.7 Å². The van der Waals surface area contributed by atoms with Crippen LogP contribution in [-0.2, 0) is 31.9 Å². The van der Waals surface area contributed by atoms with Crippen LogP contribution in [0, 0.1) is 23.7 Å². The predicted molar refractivity (Wildman–Crippen MR) is 134 cm³/mol. The molecule has 2 aromatic carbocycles. The van der Waals surface area contributed by atoms with Crippen LogP contribution in [0.15, 0.2) is 48.5 Å². The van der Waals surface area contributed by atoms with E-state index < -0.39 is 35.7 Å². The number of carbonyl (C=O) groups is 4. The van der Waals surface area contributed by atoms with Gasteiger partial charge >= 0.3 is 23.9 Å². The first-order valence-corrected chi connectivity index (χ1v) is 12.2. The van der Waals surface area contributed by atoms with E-state index in [1.807, 2.05) is 24.3 Å². The SMILES string of the molecule is CC(C)Cc1ccc(C(=O)OC(=O)C(C)CC(C)C(=O)OC(=O)c2ccc(CC(C)C)cc2)cc1. The highest BCUT2D eigenvalue weighted by molar-refractivity contribution is 5.98. The van der Waals surface area contributed by atoms with Crippen LogP contribution in [0.2, 0.25) is 0 Å². The minimum absolute atomic E-state index is 0.0822. The second-order valence-electron chi connectivity index (χ2n) is 10.0. The molecule has 0 saturated heterocycles. The van der Waals surface area contributed by atoms with Gasteiger partial charge in [0.05, 0.1) is 23.0 Å². The topological polar surface area (TPSA) is 86.7 Å². The molecule has 0 radical (unpaired) electrons. The van der Waals surface area contributed by atoms with Gasteiger partial charge in [-0.25, -0.2) is 9.59 Å². The molecular formula is C29H36O6. The molecule has 0 amide bonds. The summed E-state index contributed by atoms with van der Waals surface area (Å²) in [5, 5.41) is 0. The summed E-state index contributed by atoms with van der Waals surface area (Å²) >= 11 is 0. The summed E-state index contributed by atoms with van der Waals surface area (Å²) in [4.78, 5) is 49.4. The maximum Gasteiger partial charge on any atom is 0.345 e. The molecule has 0 heterocycles. The number of rotatable bonds is 10. The minimum Gasteiger partial charge on any atom is -0.389 e. The lowest BCUT2D eigenvalue weighted by Crippen LogP contribution is -2.25. The molecular weight excluding hydrogens is 444 g/mol. The third-order valence-corrected chi connectivity index (χ3v) is 5.57. The Labute approximate surface area is 208 Å². The Bertz CT molecular complexity index is 935. The fourth-order valence-corrected chi connectivity index (χ4v) is 3.72. The average Bonchev–Trinajstić information content (AvgIpc) is 2.78. The molecule has 6 heteroatoms. The zero-order valence-electron chi connectivity index (χ0n) is 21.5. The van der Waals surface area contributed by atoms with E-state index in [-0.39, 0.29) is 17.5 Å². The van der Waals surface area contributed by atoms with Gasteiger partial charge in [-0.3, -0.25) is 9.59 Å². The van der Waals surface area contributed by atoms with Gasteiger partial charge in [-0.2, -0.15) is 0 Å². The lowest BCUT2D eigenvalue weighted by Gasteiger charge is -2.15. The van der Waals surface area contributed by atoms with Gasteiger partial charge in [-0.1, -0.05) is 65.8 Å². The monoisotopic (exact) mass is 480 g/mol. The highest BCUT2D eigenvalue weighted by Crippen LogP contribution is 2.18. The molecule has 0 saturated carbocycles. The van der Waals surface area contributed by atoms with Gasteiger partial charge in [0, 0.05) is 0 Å². The number of ether oxygens (including phenoxy) is 2. The first-order chi connectivity index (χ1) is 16.5. The van der Waals surface area contributed by atoms with Crippen molar-refractivity contribution in [2.75, 3.05) is 0 Å². The van der Waals surface area contributed by atoms with Crippen molar-refractivity contribution in [1.82, 2.24) is 0 Å². The molecule has 0 aromatic heterocycles. The number of esters is 4. The van der Waals surface area contributed by atoms with E-state index in [9.17, 15) is 19.2 Å². The number of carbonyl (C=O) groups excluding carboxylic acids is 4. The average molecular weight is 481 g/mol. The smallest absolute Gasteiger partial charge is 0.345 e. The van der Waals surface area contributed by atoms with E-state index in [2.05, 4.69) is 27.7 Å². The van der Waals surface area contributed by atoms with E-state index in [1.165, 1.54) is 0 Å². The van der Waals surface area contributed by atoms with Gasteiger partial charge in [0.1, 0.15) is 0 Å². The molecule has 0 N–H and O–H groups in total. The quantitative estimate of drug-likeness (QED) is 0.315. The molecule has 0 bridgehead atoms. The lowest BCUT2D eigenvalue weighted by molar-refractivity contribution is -0.145. The predicted octanol–water partition coefficient (Wildman–Crippen LogP) is 5.81. The molecule has 2 unspecified atom stereocenters. The van der Waals surface area contributed by atoms with Crippen LogP contribution in [-0.4, -0.2) is 23.9 Å². The standard InChI is InChI=1S/C29H36O6/c1-18(2)15-22-7-11-24(12-8-22)28(32)34-26(30)20(5)17-21(6)27(31)35-29(33)25-13-9-23(10-14-25)16-19(3)4/h7-14,18-21H,15-17H2,1-6H3. The van der Waals surface area contributed by atoms with Crippen LogP contribution in [0.4, 0.5) is 0 Å². The molecule has 2 atom stereocenters. The van der Waals surface area contributed by atoms with Crippen LogP contribution < -0.4 is 0 Å². The van der Waals surface area contributed by atoms with E-state index in [4.69, 9.17) is 9.47 Å². The maximum absolute atomic E-state index is 12.4. The first-order valence-electron chi connectivity index (χ1n) is 12.2. The van der Waals surface area contributed by atoms with Gasteiger partial charge in [0.15, 0.2) is 0 Å². The van der Waals surface area contributed by atoms with Crippen LogP contribution in [0.3, 0.4) is 0 Å². The van der Waals surface area contributed by atoms with Gasteiger partial charge < -0.3 is 9.47 Å². The number of benzene rings is 2. The number of hydrogen-bond donors (Lipinski definition) is 0. The van der Waals surface area contributed by atoms with E-state index in [0.29, 0.717) is 11.8 Å². The largest absolute Gasteiger partial charge is 0.389 e. The summed E-state index contributed by atoms with van der Waals surface area (Å²) in [6, 6.07) is 13.9. The Morgan fingerprint density at radius 2 is 0.886 bits per heavy atom. The zero-order valence-corrected chi connectivity index (χ0v) is 21.5. The molecule has 0 fully saturated rings. The molecule has 0 aliphatic rings. The van der Waals surface area contributed by atoms with Crippen molar-refractivity contribution in [2.24, 2.45) is 23.7 Å². The normalized spacial score (nSPS) is 12.8. The van der Waals surface area contributed by atoms with Gasteiger partial charge in [0.25, 0.3) is 0 Å². The maximum atomic E-state index is 12.4. The Kier molecular flexibility index (Phi) is 10.4.